The second kappa shape index (κ2) is 3.32. The number of hydrogen-bond donors (Lipinski definition) is 1. The molecule has 1 aliphatic heterocycles. The lowest BCUT2D eigenvalue weighted by molar-refractivity contribution is 0.157. The average Bonchev–Trinajstić information content (AvgIpc) is 2.89. The van der Waals surface area contributed by atoms with E-state index in [4.69, 9.17) is 12.2 Å². The van der Waals surface area contributed by atoms with E-state index < -0.39 is 0 Å². The standard InChI is InChI=1S/C11H18N2/c1-2-5-11(12)6-8-13(9-7-11)10-3-4-10/h1,10H,3-9,12H2. The van der Waals surface area contributed by atoms with Crippen molar-refractivity contribution in [2.24, 2.45) is 5.73 Å². The lowest BCUT2D eigenvalue weighted by atomic mass is 9.86. The first-order valence-electron chi connectivity index (χ1n) is 5.20. The average molecular weight is 178 g/mol. The Morgan fingerprint density at radius 3 is 2.46 bits per heavy atom. The van der Waals surface area contributed by atoms with E-state index >= 15 is 0 Å². The molecule has 1 aliphatic carbocycles. The van der Waals surface area contributed by atoms with Crippen LogP contribution in [0.1, 0.15) is 32.1 Å². The van der Waals surface area contributed by atoms with Crippen molar-refractivity contribution in [2.75, 3.05) is 13.1 Å². The Morgan fingerprint density at radius 2 is 2.00 bits per heavy atom. The van der Waals surface area contributed by atoms with Gasteiger partial charge in [0, 0.05) is 31.1 Å². The Labute approximate surface area is 80.5 Å². The molecule has 72 valence electrons. The molecule has 1 heterocycles. The van der Waals surface area contributed by atoms with E-state index in [-0.39, 0.29) is 5.54 Å². The minimum atomic E-state index is -0.0554. The van der Waals surface area contributed by atoms with Gasteiger partial charge in [0.2, 0.25) is 0 Å². The Morgan fingerprint density at radius 1 is 1.38 bits per heavy atom. The second-order valence-electron chi connectivity index (χ2n) is 4.51. The second-order valence-corrected chi connectivity index (χ2v) is 4.51. The van der Waals surface area contributed by atoms with Crippen LogP contribution in [0.25, 0.3) is 0 Å². The van der Waals surface area contributed by atoms with Crippen molar-refractivity contribution in [3.63, 3.8) is 0 Å². The van der Waals surface area contributed by atoms with E-state index in [1.807, 2.05) is 0 Å². The van der Waals surface area contributed by atoms with Crippen LogP contribution in [0.2, 0.25) is 0 Å². The maximum Gasteiger partial charge on any atom is 0.0289 e. The number of nitrogens with two attached hydrogens (primary N) is 1. The summed E-state index contributed by atoms with van der Waals surface area (Å²) in [5, 5.41) is 0. The fraction of sp³-hybridized carbons (Fsp3) is 0.818. The zero-order chi connectivity index (χ0) is 9.31. The largest absolute Gasteiger partial charge is 0.324 e. The van der Waals surface area contributed by atoms with E-state index in [1.54, 1.807) is 0 Å². The van der Waals surface area contributed by atoms with Gasteiger partial charge in [-0.2, -0.15) is 0 Å². The molecule has 13 heavy (non-hydrogen) atoms. The zero-order valence-corrected chi connectivity index (χ0v) is 8.13. The highest BCUT2D eigenvalue weighted by molar-refractivity contribution is 5.02. The number of hydrogen-bond acceptors (Lipinski definition) is 2. The van der Waals surface area contributed by atoms with Gasteiger partial charge in [0.1, 0.15) is 0 Å². The lowest BCUT2D eigenvalue weighted by Gasteiger charge is -2.38. The molecule has 0 aromatic carbocycles. The first-order valence-corrected chi connectivity index (χ1v) is 5.20. The molecule has 2 nitrogen and oxygen atoms in total. The normalized spacial score (nSPS) is 28.3. The van der Waals surface area contributed by atoms with Crippen molar-refractivity contribution in [1.82, 2.24) is 4.90 Å². The predicted molar refractivity (Wildman–Crippen MR) is 54.2 cm³/mol. The lowest BCUT2D eigenvalue weighted by Crippen LogP contribution is -2.50. The van der Waals surface area contributed by atoms with Gasteiger partial charge in [-0.1, -0.05) is 0 Å². The summed E-state index contributed by atoms with van der Waals surface area (Å²) in [5.41, 5.74) is 6.13. The number of likely N-dealkylation sites (tertiary alicyclic amines) is 1. The quantitative estimate of drug-likeness (QED) is 0.638. The summed E-state index contributed by atoms with van der Waals surface area (Å²) in [6, 6.07) is 0.885. The monoisotopic (exact) mass is 178 g/mol. The molecule has 0 aromatic heterocycles. The van der Waals surface area contributed by atoms with E-state index in [2.05, 4.69) is 10.8 Å². The Hall–Kier alpha value is -0.520. The van der Waals surface area contributed by atoms with Crippen molar-refractivity contribution in [1.29, 1.82) is 0 Å². The Bertz CT molecular complexity index is 217. The smallest absolute Gasteiger partial charge is 0.0289 e. The fourth-order valence-corrected chi connectivity index (χ4v) is 2.15. The third-order valence-corrected chi connectivity index (χ3v) is 3.31. The predicted octanol–water partition coefficient (Wildman–Crippen LogP) is 0.965. The number of rotatable bonds is 2. The van der Waals surface area contributed by atoms with Crippen LogP contribution < -0.4 is 5.73 Å². The Kier molecular flexibility index (Phi) is 2.31. The highest BCUT2D eigenvalue weighted by Gasteiger charge is 2.36. The molecule has 2 rings (SSSR count). The molecular weight excluding hydrogens is 160 g/mol. The molecule has 0 spiro atoms. The van der Waals surface area contributed by atoms with Crippen LogP contribution in [-0.4, -0.2) is 29.6 Å². The molecular formula is C11H18N2. The minimum Gasteiger partial charge on any atom is -0.324 e. The van der Waals surface area contributed by atoms with Crippen LogP contribution in [0.15, 0.2) is 0 Å². The molecule has 2 N–H and O–H groups in total. The Balaban J connectivity index is 1.84. The van der Waals surface area contributed by atoms with Gasteiger partial charge in [-0.3, -0.25) is 0 Å². The van der Waals surface area contributed by atoms with Crippen molar-refractivity contribution < 1.29 is 0 Å². The number of nitrogens with zero attached hydrogens (tertiary/aromatic N) is 1. The summed E-state index contributed by atoms with van der Waals surface area (Å²) in [6.45, 7) is 2.31. The van der Waals surface area contributed by atoms with Crippen LogP contribution in [0.3, 0.4) is 0 Å². The van der Waals surface area contributed by atoms with Crippen LogP contribution in [-0.2, 0) is 0 Å². The maximum atomic E-state index is 6.18. The highest BCUT2D eigenvalue weighted by Crippen LogP contribution is 2.32. The molecule has 1 saturated heterocycles. The van der Waals surface area contributed by atoms with Crippen molar-refractivity contribution in [2.45, 2.75) is 43.7 Å². The van der Waals surface area contributed by atoms with Gasteiger partial charge in [0.05, 0.1) is 0 Å². The third kappa shape index (κ3) is 2.04. The molecule has 0 atom stereocenters. The molecule has 1 saturated carbocycles. The molecule has 0 aromatic rings. The summed E-state index contributed by atoms with van der Waals surface area (Å²) in [5.74, 6) is 2.69. The van der Waals surface area contributed by atoms with Crippen LogP contribution in [0.5, 0.6) is 0 Å². The first-order chi connectivity index (χ1) is 6.23. The van der Waals surface area contributed by atoms with E-state index in [0.29, 0.717) is 0 Å². The summed E-state index contributed by atoms with van der Waals surface area (Å²) in [7, 11) is 0. The van der Waals surface area contributed by atoms with Gasteiger partial charge in [0.15, 0.2) is 0 Å². The number of piperidine rings is 1. The summed E-state index contributed by atoms with van der Waals surface area (Å²) < 4.78 is 0. The molecule has 0 radical (unpaired) electrons. The molecule has 2 fully saturated rings. The van der Waals surface area contributed by atoms with Crippen molar-refractivity contribution >= 4 is 0 Å². The van der Waals surface area contributed by atoms with Gasteiger partial charge < -0.3 is 10.6 Å². The SMILES string of the molecule is C#CCC1(N)CCN(C2CC2)CC1. The van der Waals surface area contributed by atoms with Gasteiger partial charge in [0.25, 0.3) is 0 Å². The van der Waals surface area contributed by atoms with Gasteiger partial charge in [-0.05, 0) is 25.7 Å². The van der Waals surface area contributed by atoms with Crippen molar-refractivity contribution in [3.05, 3.63) is 0 Å². The zero-order valence-electron chi connectivity index (χ0n) is 8.13. The first kappa shape index (κ1) is 9.05. The third-order valence-electron chi connectivity index (χ3n) is 3.31. The highest BCUT2D eigenvalue weighted by atomic mass is 15.2. The summed E-state index contributed by atoms with van der Waals surface area (Å²) >= 11 is 0. The van der Waals surface area contributed by atoms with E-state index in [1.165, 1.54) is 12.8 Å². The fourth-order valence-electron chi connectivity index (χ4n) is 2.15. The van der Waals surface area contributed by atoms with E-state index in [9.17, 15) is 0 Å². The topological polar surface area (TPSA) is 29.3 Å². The van der Waals surface area contributed by atoms with Crippen LogP contribution >= 0.6 is 0 Å². The van der Waals surface area contributed by atoms with E-state index in [0.717, 1.165) is 38.4 Å². The number of terminal acetylenes is 1. The molecule has 0 bridgehead atoms. The van der Waals surface area contributed by atoms with Crippen molar-refractivity contribution in [3.8, 4) is 12.3 Å². The molecule has 2 heteroatoms. The minimum absolute atomic E-state index is 0.0554. The van der Waals surface area contributed by atoms with Gasteiger partial charge in [-0.15, -0.1) is 12.3 Å². The molecule has 2 aliphatic rings. The van der Waals surface area contributed by atoms with Gasteiger partial charge >= 0.3 is 0 Å². The maximum absolute atomic E-state index is 6.18. The van der Waals surface area contributed by atoms with Crippen LogP contribution in [0, 0.1) is 12.3 Å². The summed E-state index contributed by atoms with van der Waals surface area (Å²) in [6.07, 6.45) is 11.0. The van der Waals surface area contributed by atoms with Gasteiger partial charge in [-0.25, -0.2) is 0 Å². The molecule has 0 unspecified atom stereocenters. The molecule has 0 amide bonds. The summed E-state index contributed by atoms with van der Waals surface area (Å²) in [4.78, 5) is 2.57. The van der Waals surface area contributed by atoms with Crippen LogP contribution in [0.4, 0.5) is 0 Å².